The molecule has 1 aromatic carbocycles. The highest BCUT2D eigenvalue weighted by atomic mass is 32.2. The van der Waals surface area contributed by atoms with Gasteiger partial charge in [0.05, 0.1) is 12.2 Å². The third kappa shape index (κ3) is 5.22. The average molecular weight is 363 g/mol. The van der Waals surface area contributed by atoms with Crippen molar-refractivity contribution >= 4 is 17.7 Å². The van der Waals surface area contributed by atoms with E-state index in [-0.39, 0.29) is 11.0 Å². The fourth-order valence-electron chi connectivity index (χ4n) is 2.34. The molecular weight excluding hydrogens is 338 g/mol. The number of nitrogens with zero attached hydrogens (tertiary/aromatic N) is 3. The zero-order valence-corrected chi connectivity index (χ0v) is 16.0. The number of aromatic carboxylic acids is 1. The van der Waals surface area contributed by atoms with E-state index in [1.165, 1.54) is 0 Å². The lowest BCUT2D eigenvalue weighted by atomic mass is 9.96. The monoisotopic (exact) mass is 363 g/mol. The minimum absolute atomic E-state index is 0.0208. The molecule has 2 aromatic rings. The molecule has 0 bridgehead atoms. The molecule has 0 atom stereocenters. The highest BCUT2D eigenvalue weighted by Crippen LogP contribution is 2.25. The molecule has 0 saturated carbocycles. The van der Waals surface area contributed by atoms with Crippen LogP contribution in [0.2, 0.25) is 0 Å². The van der Waals surface area contributed by atoms with Crippen LogP contribution < -0.4 is 4.74 Å². The number of carbonyl (C=O) groups is 1. The quantitative estimate of drug-likeness (QED) is 0.567. The number of carboxylic acids is 1. The fraction of sp³-hybridized carbons (Fsp3) is 0.500. The predicted octanol–water partition coefficient (Wildman–Crippen LogP) is 3.85. The van der Waals surface area contributed by atoms with Crippen molar-refractivity contribution in [2.45, 2.75) is 51.2 Å². The molecule has 0 aliphatic heterocycles. The smallest absolute Gasteiger partial charge is 0.335 e. The summed E-state index contributed by atoms with van der Waals surface area (Å²) in [6.45, 7) is 9.95. The molecule has 0 radical (unpaired) electrons. The standard InChI is InChI=1S/C18H25N3O3S/c1-5-21-16(18(2,3)4)19-20-17(21)25-12-6-11-24-14-9-7-13(8-10-14)15(22)23/h7-10H,5-6,11-12H2,1-4H3,(H,22,23). The molecule has 6 nitrogen and oxygen atoms in total. The highest BCUT2D eigenvalue weighted by Gasteiger charge is 2.23. The molecule has 2 rings (SSSR count). The first-order chi connectivity index (χ1) is 11.8. The zero-order chi connectivity index (χ0) is 18.4. The third-order valence-corrected chi connectivity index (χ3v) is 4.65. The minimum atomic E-state index is -0.933. The van der Waals surface area contributed by atoms with Crippen LogP contribution in [-0.2, 0) is 12.0 Å². The normalized spacial score (nSPS) is 11.5. The molecule has 0 spiro atoms. The van der Waals surface area contributed by atoms with Gasteiger partial charge in [-0.15, -0.1) is 10.2 Å². The Morgan fingerprint density at radius 3 is 2.48 bits per heavy atom. The Labute approximate surface area is 152 Å². The molecule has 25 heavy (non-hydrogen) atoms. The molecule has 7 heteroatoms. The van der Waals surface area contributed by atoms with Crippen LogP contribution in [0.1, 0.15) is 50.3 Å². The molecule has 0 aliphatic rings. The first-order valence-corrected chi connectivity index (χ1v) is 9.34. The summed E-state index contributed by atoms with van der Waals surface area (Å²) in [7, 11) is 0. The Kier molecular flexibility index (Phi) is 6.47. The molecular formula is C18H25N3O3S. The lowest BCUT2D eigenvalue weighted by Crippen LogP contribution is -2.19. The van der Waals surface area contributed by atoms with Gasteiger partial charge in [-0.25, -0.2) is 4.79 Å². The topological polar surface area (TPSA) is 77.2 Å². The Morgan fingerprint density at radius 1 is 1.24 bits per heavy atom. The van der Waals surface area contributed by atoms with E-state index in [9.17, 15) is 4.79 Å². The summed E-state index contributed by atoms with van der Waals surface area (Å²) in [5.74, 6) is 1.64. The molecule has 0 aliphatic carbocycles. The Hall–Kier alpha value is -2.02. The van der Waals surface area contributed by atoms with Gasteiger partial charge in [0.15, 0.2) is 5.16 Å². The molecule has 0 unspecified atom stereocenters. The van der Waals surface area contributed by atoms with Gasteiger partial charge < -0.3 is 14.4 Å². The SMILES string of the molecule is CCn1c(SCCCOc2ccc(C(=O)O)cc2)nnc1C(C)(C)C. The van der Waals surface area contributed by atoms with Gasteiger partial charge in [-0.3, -0.25) is 0 Å². The van der Waals surface area contributed by atoms with Gasteiger partial charge in [0.1, 0.15) is 11.6 Å². The summed E-state index contributed by atoms with van der Waals surface area (Å²) in [4.78, 5) is 10.8. The van der Waals surface area contributed by atoms with Gasteiger partial charge in [-0.2, -0.15) is 0 Å². The Bertz CT molecular complexity index is 705. The first-order valence-electron chi connectivity index (χ1n) is 8.35. The largest absolute Gasteiger partial charge is 0.494 e. The zero-order valence-electron chi connectivity index (χ0n) is 15.2. The van der Waals surface area contributed by atoms with Crippen LogP contribution in [0.5, 0.6) is 5.75 Å². The van der Waals surface area contributed by atoms with E-state index in [0.717, 1.165) is 29.7 Å². The van der Waals surface area contributed by atoms with Crippen molar-refractivity contribution in [2.24, 2.45) is 0 Å². The minimum Gasteiger partial charge on any atom is -0.494 e. The van der Waals surface area contributed by atoms with E-state index in [2.05, 4.69) is 42.5 Å². The van der Waals surface area contributed by atoms with E-state index in [4.69, 9.17) is 9.84 Å². The number of ether oxygens (including phenoxy) is 1. The maximum atomic E-state index is 10.8. The average Bonchev–Trinajstić information content (AvgIpc) is 2.98. The molecule has 1 heterocycles. The second-order valence-corrected chi connectivity index (χ2v) is 7.74. The van der Waals surface area contributed by atoms with Crippen molar-refractivity contribution in [3.63, 3.8) is 0 Å². The van der Waals surface area contributed by atoms with Gasteiger partial charge in [-0.05, 0) is 37.6 Å². The van der Waals surface area contributed by atoms with Crippen LogP contribution in [0.4, 0.5) is 0 Å². The Balaban J connectivity index is 1.80. The van der Waals surface area contributed by atoms with Gasteiger partial charge in [0.25, 0.3) is 0 Å². The summed E-state index contributed by atoms with van der Waals surface area (Å²) < 4.78 is 7.81. The number of benzene rings is 1. The van der Waals surface area contributed by atoms with Crippen molar-refractivity contribution in [1.82, 2.24) is 14.8 Å². The van der Waals surface area contributed by atoms with Gasteiger partial charge >= 0.3 is 5.97 Å². The van der Waals surface area contributed by atoms with E-state index in [1.54, 1.807) is 36.0 Å². The summed E-state index contributed by atoms with van der Waals surface area (Å²) in [5, 5.41) is 18.5. The molecule has 1 aromatic heterocycles. The second-order valence-electron chi connectivity index (χ2n) is 6.68. The number of hydrogen-bond acceptors (Lipinski definition) is 5. The van der Waals surface area contributed by atoms with Crippen molar-refractivity contribution in [1.29, 1.82) is 0 Å². The van der Waals surface area contributed by atoms with Crippen molar-refractivity contribution in [3.8, 4) is 5.75 Å². The van der Waals surface area contributed by atoms with Crippen LogP contribution in [0.25, 0.3) is 0 Å². The van der Waals surface area contributed by atoms with Crippen molar-refractivity contribution in [2.75, 3.05) is 12.4 Å². The summed E-state index contributed by atoms with van der Waals surface area (Å²) in [6.07, 6.45) is 0.868. The van der Waals surface area contributed by atoms with E-state index < -0.39 is 5.97 Å². The summed E-state index contributed by atoms with van der Waals surface area (Å²) >= 11 is 1.68. The van der Waals surface area contributed by atoms with Crippen LogP contribution in [0.3, 0.4) is 0 Å². The summed E-state index contributed by atoms with van der Waals surface area (Å²) in [6, 6.07) is 6.45. The predicted molar refractivity (Wildman–Crippen MR) is 98.6 cm³/mol. The molecule has 1 N–H and O–H groups in total. The van der Waals surface area contributed by atoms with Crippen LogP contribution in [0, 0.1) is 0 Å². The van der Waals surface area contributed by atoms with Crippen LogP contribution >= 0.6 is 11.8 Å². The second kappa shape index (κ2) is 8.38. The molecule has 0 saturated heterocycles. The highest BCUT2D eigenvalue weighted by molar-refractivity contribution is 7.99. The van der Waals surface area contributed by atoms with E-state index in [0.29, 0.717) is 12.4 Å². The van der Waals surface area contributed by atoms with E-state index >= 15 is 0 Å². The van der Waals surface area contributed by atoms with Crippen LogP contribution in [0.15, 0.2) is 29.4 Å². The lowest BCUT2D eigenvalue weighted by molar-refractivity contribution is 0.0697. The number of hydrogen-bond donors (Lipinski definition) is 1. The van der Waals surface area contributed by atoms with E-state index in [1.807, 2.05) is 0 Å². The fourth-order valence-corrected chi connectivity index (χ4v) is 3.26. The van der Waals surface area contributed by atoms with Gasteiger partial charge in [0.2, 0.25) is 0 Å². The number of thioether (sulfide) groups is 1. The van der Waals surface area contributed by atoms with Gasteiger partial charge in [-0.1, -0.05) is 32.5 Å². The van der Waals surface area contributed by atoms with Gasteiger partial charge in [0, 0.05) is 17.7 Å². The first kappa shape index (κ1) is 19.3. The number of carboxylic acid groups (broad SMARTS) is 1. The lowest BCUT2D eigenvalue weighted by Gasteiger charge is -2.18. The summed E-state index contributed by atoms with van der Waals surface area (Å²) in [5.41, 5.74) is 0.240. The Morgan fingerprint density at radius 2 is 1.92 bits per heavy atom. The number of rotatable bonds is 8. The molecule has 0 amide bonds. The maximum absolute atomic E-state index is 10.8. The number of aromatic nitrogens is 3. The third-order valence-electron chi connectivity index (χ3n) is 3.59. The van der Waals surface area contributed by atoms with Crippen molar-refractivity contribution < 1.29 is 14.6 Å². The van der Waals surface area contributed by atoms with Crippen molar-refractivity contribution in [3.05, 3.63) is 35.7 Å². The molecule has 0 fully saturated rings. The van der Waals surface area contributed by atoms with Crippen LogP contribution in [-0.4, -0.2) is 38.2 Å². The maximum Gasteiger partial charge on any atom is 0.335 e. The molecule has 136 valence electrons.